The van der Waals surface area contributed by atoms with Gasteiger partial charge in [-0.2, -0.15) is 0 Å². The molecule has 0 amide bonds. The Bertz CT molecular complexity index is 701. The van der Waals surface area contributed by atoms with Gasteiger partial charge in [0.25, 0.3) is 0 Å². The number of nitrogens with zero attached hydrogens (tertiary/aromatic N) is 4. The lowest BCUT2D eigenvalue weighted by atomic mass is 10.00. The number of nitrogen functional groups attached to an aromatic ring is 1. The van der Waals surface area contributed by atoms with E-state index in [1.165, 1.54) is 21.9 Å². The van der Waals surface area contributed by atoms with Crippen LogP contribution in [0.5, 0.6) is 0 Å². The van der Waals surface area contributed by atoms with Gasteiger partial charge in [-0.3, -0.25) is 0 Å². The van der Waals surface area contributed by atoms with Gasteiger partial charge in [-0.1, -0.05) is 41.5 Å². The molecular weight excluding hydrogens is 226 g/mol. The van der Waals surface area contributed by atoms with Crippen LogP contribution < -0.4 is 5.73 Å². The van der Waals surface area contributed by atoms with E-state index in [0.717, 1.165) is 0 Å². The summed E-state index contributed by atoms with van der Waals surface area (Å²) in [5.41, 5.74) is 8.12. The van der Waals surface area contributed by atoms with Gasteiger partial charge in [-0.15, -0.1) is 0 Å². The van der Waals surface area contributed by atoms with Gasteiger partial charge < -0.3 is 5.73 Å². The number of anilines is 1. The van der Waals surface area contributed by atoms with Crippen molar-refractivity contribution in [2.45, 2.75) is 13.5 Å². The molecule has 5 nitrogen and oxygen atoms in total. The van der Waals surface area contributed by atoms with E-state index in [0.29, 0.717) is 12.5 Å². The second-order valence-electron chi connectivity index (χ2n) is 4.28. The second-order valence-corrected chi connectivity index (χ2v) is 4.28. The smallest absolute Gasteiger partial charge is 0.240 e. The highest BCUT2D eigenvalue weighted by Crippen LogP contribution is 2.23. The topological polar surface area (TPSA) is 69.6 Å². The van der Waals surface area contributed by atoms with E-state index in [-0.39, 0.29) is 0 Å². The molecule has 0 radical (unpaired) electrons. The van der Waals surface area contributed by atoms with E-state index in [2.05, 4.69) is 46.7 Å². The number of benzene rings is 2. The monoisotopic (exact) mass is 239 g/mol. The molecule has 2 aromatic carbocycles. The SMILES string of the molecule is Cc1ccc2ccccc2c1Cn1nnnc1N. The molecule has 0 aliphatic carbocycles. The maximum atomic E-state index is 5.71. The third-order valence-electron chi connectivity index (χ3n) is 3.14. The van der Waals surface area contributed by atoms with Crippen LogP contribution in [0.2, 0.25) is 0 Å². The van der Waals surface area contributed by atoms with Crippen LogP contribution in [0.15, 0.2) is 36.4 Å². The molecule has 0 saturated heterocycles. The van der Waals surface area contributed by atoms with Crippen LogP contribution >= 0.6 is 0 Å². The van der Waals surface area contributed by atoms with Crippen molar-refractivity contribution < 1.29 is 0 Å². The molecule has 0 unspecified atom stereocenters. The van der Waals surface area contributed by atoms with Crippen molar-refractivity contribution in [3.63, 3.8) is 0 Å². The van der Waals surface area contributed by atoms with Gasteiger partial charge in [0.2, 0.25) is 5.95 Å². The van der Waals surface area contributed by atoms with Crippen LogP contribution in [-0.4, -0.2) is 20.2 Å². The minimum atomic E-state index is 0.335. The summed E-state index contributed by atoms with van der Waals surface area (Å²) in [6.07, 6.45) is 0. The number of nitrogens with two attached hydrogens (primary N) is 1. The molecule has 0 spiro atoms. The zero-order valence-corrected chi connectivity index (χ0v) is 10.0. The summed E-state index contributed by atoms with van der Waals surface area (Å²) in [6, 6.07) is 12.5. The molecule has 1 aromatic heterocycles. The Labute approximate surface area is 104 Å². The molecule has 18 heavy (non-hydrogen) atoms. The van der Waals surface area contributed by atoms with E-state index >= 15 is 0 Å². The Balaban J connectivity index is 2.16. The third kappa shape index (κ3) is 1.69. The van der Waals surface area contributed by atoms with E-state index in [1.54, 1.807) is 4.68 Å². The average Bonchev–Trinajstić information content (AvgIpc) is 2.79. The number of hydrogen-bond donors (Lipinski definition) is 1. The van der Waals surface area contributed by atoms with Crippen LogP contribution in [0, 0.1) is 6.92 Å². The Morgan fingerprint density at radius 1 is 1.17 bits per heavy atom. The summed E-state index contributed by atoms with van der Waals surface area (Å²) in [7, 11) is 0. The van der Waals surface area contributed by atoms with Crippen molar-refractivity contribution >= 4 is 16.7 Å². The summed E-state index contributed by atoms with van der Waals surface area (Å²) in [5, 5.41) is 13.6. The van der Waals surface area contributed by atoms with Gasteiger partial charge in [-0.05, 0) is 39.2 Å². The Morgan fingerprint density at radius 2 is 2.00 bits per heavy atom. The van der Waals surface area contributed by atoms with E-state index in [4.69, 9.17) is 5.73 Å². The number of fused-ring (bicyclic) bond motifs is 1. The van der Waals surface area contributed by atoms with E-state index in [9.17, 15) is 0 Å². The predicted octanol–water partition coefficient (Wildman–Crippen LogP) is 1.77. The molecule has 0 saturated carbocycles. The lowest BCUT2D eigenvalue weighted by Gasteiger charge is -2.10. The second kappa shape index (κ2) is 4.10. The van der Waals surface area contributed by atoms with Crippen molar-refractivity contribution in [1.29, 1.82) is 0 Å². The summed E-state index contributed by atoms with van der Waals surface area (Å²) in [5.74, 6) is 0.335. The number of rotatable bonds is 2. The van der Waals surface area contributed by atoms with Crippen LogP contribution in [0.4, 0.5) is 5.95 Å². The Kier molecular flexibility index (Phi) is 2.44. The molecule has 1 heterocycles. The summed E-state index contributed by atoms with van der Waals surface area (Å²) < 4.78 is 1.61. The Hall–Kier alpha value is -2.43. The van der Waals surface area contributed by atoms with Crippen LogP contribution in [0.3, 0.4) is 0 Å². The highest BCUT2D eigenvalue weighted by molar-refractivity contribution is 5.86. The number of hydrogen-bond acceptors (Lipinski definition) is 4. The van der Waals surface area contributed by atoms with Crippen molar-refractivity contribution in [1.82, 2.24) is 20.2 Å². The van der Waals surface area contributed by atoms with E-state index < -0.39 is 0 Å². The fraction of sp³-hybridized carbons (Fsp3) is 0.154. The highest BCUT2D eigenvalue weighted by atomic mass is 15.6. The molecule has 90 valence electrons. The highest BCUT2D eigenvalue weighted by Gasteiger charge is 2.08. The first-order chi connectivity index (χ1) is 8.75. The van der Waals surface area contributed by atoms with Crippen molar-refractivity contribution in [3.05, 3.63) is 47.5 Å². The minimum absolute atomic E-state index is 0.335. The molecular formula is C13H13N5. The van der Waals surface area contributed by atoms with Gasteiger partial charge in [0.1, 0.15) is 0 Å². The molecule has 3 rings (SSSR count). The lowest BCUT2D eigenvalue weighted by Crippen LogP contribution is -2.08. The number of aryl methyl sites for hydroxylation is 1. The third-order valence-corrected chi connectivity index (χ3v) is 3.14. The molecule has 5 heteroatoms. The fourth-order valence-corrected chi connectivity index (χ4v) is 2.13. The fourth-order valence-electron chi connectivity index (χ4n) is 2.13. The molecule has 0 bridgehead atoms. The number of tetrazole rings is 1. The van der Waals surface area contributed by atoms with Crippen LogP contribution in [-0.2, 0) is 6.54 Å². The largest absolute Gasteiger partial charge is 0.367 e. The summed E-state index contributed by atoms with van der Waals surface area (Å²) >= 11 is 0. The van der Waals surface area contributed by atoms with Crippen molar-refractivity contribution in [3.8, 4) is 0 Å². The normalized spacial score (nSPS) is 10.9. The van der Waals surface area contributed by atoms with Crippen molar-refractivity contribution in [2.24, 2.45) is 0 Å². The maximum absolute atomic E-state index is 5.71. The van der Waals surface area contributed by atoms with E-state index in [1.807, 2.05) is 12.1 Å². The van der Waals surface area contributed by atoms with Gasteiger partial charge in [-0.25, -0.2) is 4.68 Å². The predicted molar refractivity (Wildman–Crippen MR) is 70.0 cm³/mol. The Morgan fingerprint density at radius 3 is 2.78 bits per heavy atom. The van der Waals surface area contributed by atoms with Crippen LogP contribution in [0.25, 0.3) is 10.8 Å². The first-order valence-corrected chi connectivity index (χ1v) is 5.74. The van der Waals surface area contributed by atoms with Gasteiger partial charge in [0.15, 0.2) is 0 Å². The van der Waals surface area contributed by atoms with Crippen molar-refractivity contribution in [2.75, 3.05) is 5.73 Å². The summed E-state index contributed by atoms with van der Waals surface area (Å²) in [4.78, 5) is 0. The molecule has 0 fully saturated rings. The van der Waals surface area contributed by atoms with Gasteiger partial charge >= 0.3 is 0 Å². The molecule has 0 atom stereocenters. The standard InChI is InChI=1S/C13H13N5/c1-9-6-7-10-4-2-3-5-11(10)12(9)8-18-13(14)15-16-17-18/h2-7H,8H2,1H3,(H2,14,15,17). The van der Waals surface area contributed by atoms with Gasteiger partial charge in [0, 0.05) is 0 Å². The van der Waals surface area contributed by atoms with Gasteiger partial charge in [0.05, 0.1) is 6.54 Å². The first-order valence-electron chi connectivity index (χ1n) is 5.74. The maximum Gasteiger partial charge on any atom is 0.240 e. The molecule has 0 aliphatic rings. The molecule has 3 aromatic rings. The minimum Gasteiger partial charge on any atom is -0.367 e. The zero-order valence-electron chi connectivity index (χ0n) is 10.0. The molecule has 2 N–H and O–H groups in total. The zero-order chi connectivity index (χ0) is 12.5. The van der Waals surface area contributed by atoms with Crippen LogP contribution in [0.1, 0.15) is 11.1 Å². The first kappa shape index (κ1) is 10.7. The quantitative estimate of drug-likeness (QED) is 0.739. The lowest BCUT2D eigenvalue weighted by molar-refractivity contribution is 0.655. The molecule has 0 aliphatic heterocycles. The summed E-state index contributed by atoms with van der Waals surface area (Å²) in [6.45, 7) is 2.67. The number of aromatic nitrogens is 4. The average molecular weight is 239 g/mol.